The van der Waals surface area contributed by atoms with Gasteiger partial charge in [-0.05, 0) is 49.6 Å². The number of para-hydroxylation sites is 1. The van der Waals surface area contributed by atoms with E-state index >= 15 is 0 Å². The van der Waals surface area contributed by atoms with E-state index in [-0.39, 0.29) is 5.91 Å². The van der Waals surface area contributed by atoms with Crippen LogP contribution in [0.1, 0.15) is 44.2 Å². The maximum Gasteiger partial charge on any atom is 0.243 e. The van der Waals surface area contributed by atoms with E-state index < -0.39 is 16.1 Å². The number of piperidine rings is 1. The van der Waals surface area contributed by atoms with E-state index in [4.69, 9.17) is 4.74 Å². The molecule has 0 spiro atoms. The molecule has 33 heavy (non-hydrogen) atoms. The van der Waals surface area contributed by atoms with Gasteiger partial charge < -0.3 is 14.6 Å². The van der Waals surface area contributed by atoms with Crippen molar-refractivity contribution in [2.75, 3.05) is 20.2 Å². The molecule has 1 N–H and O–H groups in total. The molecular weight excluding hydrogens is 438 g/mol. The lowest BCUT2D eigenvalue weighted by Crippen LogP contribution is -2.35. The van der Waals surface area contributed by atoms with E-state index in [2.05, 4.69) is 5.32 Å². The number of benzene rings is 2. The van der Waals surface area contributed by atoms with Crippen LogP contribution in [-0.2, 0) is 21.4 Å². The van der Waals surface area contributed by atoms with Gasteiger partial charge in [-0.25, -0.2) is 8.42 Å². The first-order valence-corrected chi connectivity index (χ1v) is 12.9. The quantitative estimate of drug-likeness (QED) is 0.539. The van der Waals surface area contributed by atoms with E-state index in [1.165, 1.54) is 0 Å². The second-order valence-corrected chi connectivity index (χ2v) is 10.3. The van der Waals surface area contributed by atoms with Gasteiger partial charge in [-0.3, -0.25) is 4.79 Å². The van der Waals surface area contributed by atoms with Crippen molar-refractivity contribution < 1.29 is 17.9 Å². The average molecular weight is 470 g/mol. The molecule has 1 atom stereocenters. The van der Waals surface area contributed by atoms with Crippen LogP contribution in [0.2, 0.25) is 0 Å². The molecule has 0 saturated carbocycles. The lowest BCUT2D eigenvalue weighted by atomic mass is 10.1. The van der Waals surface area contributed by atoms with Gasteiger partial charge >= 0.3 is 0 Å². The summed E-state index contributed by atoms with van der Waals surface area (Å²) in [6, 6.07) is 14.3. The summed E-state index contributed by atoms with van der Waals surface area (Å²) in [5.74, 6) is 0.644. The van der Waals surface area contributed by atoms with E-state index in [1.54, 1.807) is 23.5 Å². The first-order valence-electron chi connectivity index (χ1n) is 11.5. The topological polar surface area (TPSA) is 80.6 Å². The molecule has 8 heteroatoms. The van der Waals surface area contributed by atoms with Gasteiger partial charge in [0.1, 0.15) is 11.8 Å². The number of fused-ring (bicyclic) bond motifs is 1. The number of carbonyl (C=O) groups is 1. The molecule has 2 heterocycles. The summed E-state index contributed by atoms with van der Waals surface area (Å²) in [7, 11) is -1.89. The number of rotatable bonds is 8. The van der Waals surface area contributed by atoms with E-state index in [0.717, 1.165) is 41.5 Å². The Kier molecular flexibility index (Phi) is 7.05. The lowest BCUT2D eigenvalue weighted by molar-refractivity contribution is -0.124. The monoisotopic (exact) mass is 469 g/mol. The normalized spacial score (nSPS) is 15.9. The molecule has 1 aliphatic heterocycles. The predicted molar refractivity (Wildman–Crippen MR) is 129 cm³/mol. The zero-order valence-electron chi connectivity index (χ0n) is 19.2. The van der Waals surface area contributed by atoms with E-state index in [9.17, 15) is 13.2 Å². The summed E-state index contributed by atoms with van der Waals surface area (Å²) < 4.78 is 35.0. The van der Waals surface area contributed by atoms with E-state index in [1.807, 2.05) is 54.1 Å². The van der Waals surface area contributed by atoms with Gasteiger partial charge in [0.2, 0.25) is 15.9 Å². The van der Waals surface area contributed by atoms with Crippen molar-refractivity contribution in [1.29, 1.82) is 0 Å². The molecule has 1 fully saturated rings. The number of ether oxygens (including phenoxy) is 1. The molecule has 1 amide bonds. The van der Waals surface area contributed by atoms with Crippen molar-refractivity contribution in [3.8, 4) is 5.75 Å². The number of hydrogen-bond acceptors (Lipinski definition) is 4. The molecule has 0 radical (unpaired) electrons. The molecule has 1 saturated heterocycles. The number of carbonyl (C=O) groups excluding carboxylic acids is 1. The van der Waals surface area contributed by atoms with Crippen LogP contribution in [0.25, 0.3) is 10.9 Å². The Morgan fingerprint density at radius 1 is 1.09 bits per heavy atom. The van der Waals surface area contributed by atoms with Crippen LogP contribution in [0.3, 0.4) is 0 Å². The molecule has 7 nitrogen and oxygen atoms in total. The summed E-state index contributed by atoms with van der Waals surface area (Å²) >= 11 is 0. The van der Waals surface area contributed by atoms with Crippen molar-refractivity contribution >= 4 is 26.8 Å². The van der Waals surface area contributed by atoms with Crippen molar-refractivity contribution in [3.05, 3.63) is 60.3 Å². The Bertz CT molecular complexity index is 1230. The molecule has 2 aromatic carbocycles. The number of sulfonamides is 1. The van der Waals surface area contributed by atoms with Gasteiger partial charge in [0, 0.05) is 42.3 Å². The Hall–Kier alpha value is -2.84. The Morgan fingerprint density at radius 3 is 2.58 bits per heavy atom. The molecule has 4 rings (SSSR count). The third-order valence-corrected chi connectivity index (χ3v) is 8.21. The fourth-order valence-corrected chi connectivity index (χ4v) is 6.04. The smallest absolute Gasteiger partial charge is 0.243 e. The van der Waals surface area contributed by atoms with Crippen LogP contribution in [0.5, 0.6) is 5.75 Å². The van der Waals surface area contributed by atoms with Gasteiger partial charge in [0.25, 0.3) is 0 Å². The van der Waals surface area contributed by atoms with Crippen LogP contribution >= 0.6 is 0 Å². The second kappa shape index (κ2) is 9.97. The molecule has 3 aromatic rings. The minimum Gasteiger partial charge on any atom is -0.496 e. The third-order valence-electron chi connectivity index (χ3n) is 6.32. The maximum atomic E-state index is 13.1. The Balaban J connectivity index is 1.55. The minimum atomic E-state index is -3.50. The van der Waals surface area contributed by atoms with Gasteiger partial charge in [-0.15, -0.1) is 0 Å². The fraction of sp³-hybridized carbons (Fsp3) is 0.400. The third kappa shape index (κ3) is 4.77. The summed E-state index contributed by atoms with van der Waals surface area (Å²) in [4.78, 5) is 13.4. The molecular formula is C25H31N3O4S. The maximum absolute atomic E-state index is 13.1. The number of nitrogens with zero attached hydrogens (tertiary/aromatic N) is 2. The average Bonchev–Trinajstić information content (AvgIpc) is 3.27. The number of hydrogen-bond donors (Lipinski definition) is 1. The fourth-order valence-electron chi connectivity index (χ4n) is 4.49. The first-order chi connectivity index (χ1) is 16.0. The summed E-state index contributed by atoms with van der Waals surface area (Å²) in [5.41, 5.74) is 1.75. The molecule has 176 valence electrons. The summed E-state index contributed by atoms with van der Waals surface area (Å²) in [6.07, 6.45) is 5.35. The number of methoxy groups -OCH3 is 1. The molecule has 1 aromatic heterocycles. The van der Waals surface area contributed by atoms with Gasteiger partial charge in [0.05, 0.1) is 12.0 Å². The van der Waals surface area contributed by atoms with Gasteiger partial charge in [-0.2, -0.15) is 4.31 Å². The second-order valence-electron chi connectivity index (χ2n) is 8.36. The van der Waals surface area contributed by atoms with Crippen LogP contribution in [0, 0.1) is 0 Å². The van der Waals surface area contributed by atoms with Crippen molar-refractivity contribution in [3.63, 3.8) is 0 Å². The Morgan fingerprint density at radius 2 is 1.85 bits per heavy atom. The van der Waals surface area contributed by atoms with E-state index in [0.29, 0.717) is 31.0 Å². The van der Waals surface area contributed by atoms with Crippen molar-refractivity contribution in [1.82, 2.24) is 14.2 Å². The molecule has 1 aliphatic rings. The lowest BCUT2D eigenvalue weighted by Gasteiger charge is -2.26. The number of amides is 1. The SMILES string of the molecule is CC[C@H](C(=O)NCc1ccccc1OC)n1ccc2cc(S(=O)(=O)N3CCCCC3)ccc21. The molecule has 0 unspecified atom stereocenters. The number of aromatic nitrogens is 1. The minimum absolute atomic E-state index is 0.0917. The van der Waals surface area contributed by atoms with Gasteiger partial charge in [0.15, 0.2) is 0 Å². The number of nitrogens with one attached hydrogen (secondary N) is 1. The van der Waals surface area contributed by atoms with Gasteiger partial charge in [-0.1, -0.05) is 31.5 Å². The summed E-state index contributed by atoms with van der Waals surface area (Å²) in [6.45, 7) is 3.49. The highest BCUT2D eigenvalue weighted by Crippen LogP contribution is 2.28. The predicted octanol–water partition coefficient (Wildman–Crippen LogP) is 4.09. The van der Waals surface area contributed by atoms with Crippen LogP contribution in [0.4, 0.5) is 0 Å². The highest BCUT2D eigenvalue weighted by Gasteiger charge is 2.27. The molecule has 0 aliphatic carbocycles. The highest BCUT2D eigenvalue weighted by molar-refractivity contribution is 7.89. The van der Waals surface area contributed by atoms with Crippen LogP contribution in [-0.4, -0.2) is 43.4 Å². The summed E-state index contributed by atoms with van der Waals surface area (Å²) in [5, 5.41) is 3.82. The zero-order chi connectivity index (χ0) is 23.4. The van der Waals surface area contributed by atoms with Crippen molar-refractivity contribution in [2.24, 2.45) is 0 Å². The standard InChI is InChI=1S/C25H31N3O4S/c1-3-22(25(29)26-18-20-9-5-6-10-24(20)32-2)28-16-13-19-17-21(11-12-23(19)28)33(30,31)27-14-7-4-8-15-27/h5-6,9-13,16-17,22H,3-4,7-8,14-15,18H2,1-2H3,(H,26,29)/t22-/m1/s1. The van der Waals surface area contributed by atoms with Crippen LogP contribution < -0.4 is 10.1 Å². The first kappa shape index (κ1) is 23.3. The highest BCUT2D eigenvalue weighted by atomic mass is 32.2. The largest absolute Gasteiger partial charge is 0.496 e. The zero-order valence-corrected chi connectivity index (χ0v) is 20.0. The molecule has 0 bridgehead atoms. The van der Waals surface area contributed by atoms with Crippen LogP contribution in [0.15, 0.2) is 59.6 Å². The Labute approximate surface area is 195 Å². The van der Waals surface area contributed by atoms with Crippen molar-refractivity contribution in [2.45, 2.75) is 50.1 Å².